The highest BCUT2D eigenvalue weighted by Crippen LogP contribution is 2.40. The van der Waals surface area contributed by atoms with Gasteiger partial charge in [-0.05, 0) is 119 Å². The van der Waals surface area contributed by atoms with E-state index in [1.54, 1.807) is 21.7 Å². The van der Waals surface area contributed by atoms with Gasteiger partial charge in [0.25, 0.3) is 17.4 Å². The van der Waals surface area contributed by atoms with Gasteiger partial charge in [0.05, 0.1) is 23.9 Å². The Kier molecular flexibility index (Phi) is 12.1. The number of fused-ring (bicyclic) bond motifs is 2. The first kappa shape index (κ1) is 42.7. The van der Waals surface area contributed by atoms with E-state index in [4.69, 9.17) is 26.1 Å². The van der Waals surface area contributed by atoms with E-state index in [1.807, 2.05) is 44.2 Å². The number of likely N-dealkylation sites (tertiary alicyclic amines) is 1. The van der Waals surface area contributed by atoms with E-state index in [-0.39, 0.29) is 66.2 Å². The summed E-state index contributed by atoms with van der Waals surface area (Å²) in [6.07, 6.45) is 8.52. The van der Waals surface area contributed by atoms with E-state index >= 15 is 0 Å². The number of piperidine rings is 3. The van der Waals surface area contributed by atoms with Gasteiger partial charge in [-0.25, -0.2) is 4.98 Å². The van der Waals surface area contributed by atoms with Crippen molar-refractivity contribution in [2.75, 3.05) is 50.1 Å². The Morgan fingerprint density at radius 2 is 1.75 bits per heavy atom. The van der Waals surface area contributed by atoms with Crippen LogP contribution in [0.15, 0.2) is 53.5 Å². The lowest BCUT2D eigenvalue weighted by Gasteiger charge is -2.47. The molecule has 4 amide bonds. The molecule has 0 unspecified atom stereocenters. The summed E-state index contributed by atoms with van der Waals surface area (Å²) in [5.74, 6) is 0.411. The summed E-state index contributed by atoms with van der Waals surface area (Å²) in [6, 6.07) is 13.1. The van der Waals surface area contributed by atoms with E-state index in [1.165, 1.54) is 12.6 Å². The molecule has 4 aliphatic heterocycles. The van der Waals surface area contributed by atoms with Crippen LogP contribution in [0.5, 0.6) is 5.75 Å². The first-order chi connectivity index (χ1) is 30.4. The SMILES string of the molecule is CNC(=O)COc1cc2cc(Nc3nc(N4CCC(OC5CC(N6CCC(c7cccc8c7CN([C@@H]7CCC(=O)NC7=O)C8=O)CC6)C5)CC4)ncc3Cl)ccc2n(C(C)C)c1=O. The van der Waals surface area contributed by atoms with E-state index in [2.05, 4.69) is 36.8 Å². The van der Waals surface area contributed by atoms with Gasteiger partial charge in [0.2, 0.25) is 17.8 Å². The van der Waals surface area contributed by atoms with Crippen molar-refractivity contribution in [3.63, 3.8) is 0 Å². The largest absolute Gasteiger partial charge is 0.478 e. The van der Waals surface area contributed by atoms with Crippen molar-refractivity contribution in [1.29, 1.82) is 0 Å². The Balaban J connectivity index is 0.751. The maximum absolute atomic E-state index is 13.4. The van der Waals surface area contributed by atoms with Crippen LogP contribution in [0.1, 0.15) is 98.7 Å². The van der Waals surface area contributed by atoms with Gasteiger partial charge >= 0.3 is 0 Å². The summed E-state index contributed by atoms with van der Waals surface area (Å²) in [4.78, 5) is 78.6. The Morgan fingerprint density at radius 1 is 0.968 bits per heavy atom. The van der Waals surface area contributed by atoms with Gasteiger partial charge in [-0.15, -0.1) is 0 Å². The fourth-order valence-corrected chi connectivity index (χ4v) is 10.1. The lowest BCUT2D eigenvalue weighted by Crippen LogP contribution is -2.52. The number of aromatic nitrogens is 3. The molecule has 0 bridgehead atoms. The van der Waals surface area contributed by atoms with Gasteiger partial charge < -0.3 is 39.4 Å². The number of hydrogen-bond donors (Lipinski definition) is 3. The average Bonchev–Trinajstić information content (AvgIpc) is 3.60. The summed E-state index contributed by atoms with van der Waals surface area (Å²) in [7, 11) is 1.52. The van der Waals surface area contributed by atoms with Crippen molar-refractivity contribution in [2.24, 2.45) is 0 Å². The van der Waals surface area contributed by atoms with Crippen LogP contribution in [-0.2, 0) is 25.7 Å². The molecule has 0 spiro atoms. The van der Waals surface area contributed by atoms with E-state index < -0.39 is 6.04 Å². The second-order valence-corrected chi connectivity index (χ2v) is 18.1. The molecule has 2 aromatic carbocycles. The molecular formula is C46H54ClN9O7. The Hall–Kier alpha value is -5.58. The van der Waals surface area contributed by atoms with Crippen molar-refractivity contribution >= 4 is 63.6 Å². The number of imide groups is 1. The molecule has 6 heterocycles. The van der Waals surface area contributed by atoms with Crippen LogP contribution in [0, 0.1) is 0 Å². The highest BCUT2D eigenvalue weighted by atomic mass is 35.5. The molecular weight excluding hydrogens is 826 g/mol. The second kappa shape index (κ2) is 17.9. The van der Waals surface area contributed by atoms with Crippen molar-refractivity contribution in [2.45, 2.75) is 108 Å². The highest BCUT2D eigenvalue weighted by Gasteiger charge is 2.42. The zero-order valence-corrected chi connectivity index (χ0v) is 36.7. The third-order valence-electron chi connectivity index (χ3n) is 13.4. The van der Waals surface area contributed by atoms with E-state index in [0.29, 0.717) is 53.0 Å². The number of hydrogen-bond acceptors (Lipinski definition) is 12. The number of amides is 4. The zero-order valence-electron chi connectivity index (χ0n) is 35.9. The number of nitrogens with zero attached hydrogens (tertiary/aromatic N) is 6. The van der Waals surface area contributed by atoms with Gasteiger partial charge in [-0.3, -0.25) is 29.3 Å². The van der Waals surface area contributed by atoms with Crippen molar-refractivity contribution in [3.05, 3.63) is 80.7 Å². The fourth-order valence-electron chi connectivity index (χ4n) is 9.94. The maximum Gasteiger partial charge on any atom is 0.293 e. The number of carbonyl (C=O) groups is 4. The number of benzene rings is 2. The molecule has 3 saturated heterocycles. The van der Waals surface area contributed by atoms with Crippen LogP contribution in [0.2, 0.25) is 5.02 Å². The highest BCUT2D eigenvalue weighted by molar-refractivity contribution is 6.33. The third-order valence-corrected chi connectivity index (χ3v) is 13.7. The van der Waals surface area contributed by atoms with Gasteiger partial charge in [-0.1, -0.05) is 23.7 Å². The number of carbonyl (C=O) groups excluding carboxylic acids is 4. The molecule has 1 aliphatic carbocycles. The first-order valence-electron chi connectivity index (χ1n) is 22.2. The standard InChI is InChI=1S/C46H54ClN9O7/c1-26(2)56-37-8-7-29(19-28(37)20-39(45(56)61)62-25-41(58)48-3)50-42-36(47)23-49-46(52-42)54-17-13-31(14-18-54)63-32-21-30(22-32)53-15-11-27(12-16-53)33-5-4-6-34-35(33)24-55(44(34)60)38-9-10-40(57)51-43(38)59/h4-8,19-20,23,26-27,30-32,38H,9-18,21-22,24-25H2,1-3H3,(H,48,58)(H,49,50,52)(H,51,57,59)/t30?,32?,38-/m1/s1. The van der Waals surface area contributed by atoms with Crippen LogP contribution in [-0.4, -0.2) is 112 Å². The van der Waals surface area contributed by atoms with Crippen LogP contribution >= 0.6 is 11.6 Å². The average molecular weight is 880 g/mol. The lowest BCUT2D eigenvalue weighted by atomic mass is 9.82. The molecule has 4 fully saturated rings. The molecule has 5 aliphatic rings. The molecule has 16 nitrogen and oxygen atoms in total. The summed E-state index contributed by atoms with van der Waals surface area (Å²) in [6.45, 7) is 7.53. The van der Waals surface area contributed by atoms with E-state index in [9.17, 15) is 24.0 Å². The number of ether oxygens (including phenoxy) is 2. The number of anilines is 3. The molecule has 332 valence electrons. The van der Waals surface area contributed by atoms with Gasteiger partial charge in [-0.2, -0.15) is 4.98 Å². The smallest absolute Gasteiger partial charge is 0.293 e. The Bertz CT molecular complexity index is 2490. The number of likely N-dealkylation sites (N-methyl/N-ethyl adjacent to an activating group) is 1. The molecule has 1 saturated carbocycles. The van der Waals surface area contributed by atoms with E-state index in [0.717, 1.165) is 81.2 Å². The number of pyridine rings is 1. The number of nitrogens with one attached hydrogen (secondary N) is 3. The summed E-state index contributed by atoms with van der Waals surface area (Å²) in [5, 5.41) is 9.38. The van der Waals surface area contributed by atoms with Crippen molar-refractivity contribution < 1.29 is 28.7 Å². The number of halogens is 1. The summed E-state index contributed by atoms with van der Waals surface area (Å²) in [5.41, 5.74) is 4.10. The van der Waals surface area contributed by atoms with Crippen molar-refractivity contribution in [1.82, 2.24) is 35.0 Å². The van der Waals surface area contributed by atoms with Gasteiger partial charge in [0.1, 0.15) is 11.1 Å². The fraction of sp³-hybridized carbons (Fsp3) is 0.500. The molecule has 1 atom stereocenters. The Morgan fingerprint density at radius 3 is 2.48 bits per heavy atom. The minimum absolute atomic E-state index is 0.0941. The zero-order chi connectivity index (χ0) is 43.9. The maximum atomic E-state index is 13.4. The molecule has 4 aromatic rings. The predicted molar refractivity (Wildman–Crippen MR) is 238 cm³/mol. The normalized spacial score (nSPS) is 22.3. The van der Waals surface area contributed by atoms with Crippen LogP contribution in [0.3, 0.4) is 0 Å². The topological polar surface area (TPSA) is 180 Å². The number of rotatable bonds is 12. The molecule has 17 heteroatoms. The molecule has 63 heavy (non-hydrogen) atoms. The second-order valence-electron chi connectivity index (χ2n) is 17.7. The lowest BCUT2D eigenvalue weighted by molar-refractivity contribution is -0.137. The van der Waals surface area contributed by atoms with Crippen molar-refractivity contribution in [3.8, 4) is 5.75 Å². The van der Waals surface area contributed by atoms with Crippen LogP contribution < -0.4 is 31.1 Å². The summed E-state index contributed by atoms with van der Waals surface area (Å²) < 4.78 is 13.9. The van der Waals surface area contributed by atoms with Gasteiger partial charge in [0, 0.05) is 61.8 Å². The first-order valence-corrected chi connectivity index (χ1v) is 22.5. The molecule has 3 N–H and O–H groups in total. The summed E-state index contributed by atoms with van der Waals surface area (Å²) >= 11 is 6.60. The quantitative estimate of drug-likeness (QED) is 0.162. The Labute approximate surface area is 370 Å². The van der Waals surface area contributed by atoms with Crippen LogP contribution in [0.4, 0.5) is 17.5 Å². The molecule has 2 aromatic heterocycles. The monoisotopic (exact) mass is 879 g/mol. The minimum Gasteiger partial charge on any atom is -0.478 e. The minimum atomic E-state index is -0.604. The van der Waals surface area contributed by atoms with Gasteiger partial charge in [0.15, 0.2) is 18.2 Å². The predicted octanol–water partition coefficient (Wildman–Crippen LogP) is 5.05. The molecule has 9 rings (SSSR count). The third kappa shape index (κ3) is 8.72. The molecule has 0 radical (unpaired) electrons. The van der Waals surface area contributed by atoms with Crippen LogP contribution in [0.25, 0.3) is 10.9 Å².